The molecule has 0 unspecified atom stereocenters. The summed E-state index contributed by atoms with van der Waals surface area (Å²) in [7, 11) is 0. The van der Waals surface area contributed by atoms with E-state index in [1.807, 2.05) is 0 Å². The summed E-state index contributed by atoms with van der Waals surface area (Å²) in [6, 6.07) is 0. The van der Waals surface area contributed by atoms with E-state index in [1.54, 1.807) is 0 Å². The van der Waals surface area contributed by atoms with Gasteiger partial charge in [-0.25, -0.2) is 4.99 Å². The molecule has 0 aromatic heterocycles. The third-order valence-electron chi connectivity index (χ3n) is 0.258. The first-order valence-corrected chi connectivity index (χ1v) is 1.52. The second-order valence-electron chi connectivity index (χ2n) is 0.789. The average molecular weight is 88.1 g/mol. The van der Waals surface area contributed by atoms with E-state index in [0.717, 1.165) is 6.34 Å². The average Bonchev–Trinajstić information content (AvgIpc) is 1.35. The van der Waals surface area contributed by atoms with Crippen LogP contribution < -0.4 is 17.2 Å². The van der Waals surface area contributed by atoms with Gasteiger partial charge in [0.15, 0.2) is 0 Å². The minimum atomic E-state index is -0.657. The lowest BCUT2D eigenvalue weighted by Crippen LogP contribution is -2.28. The maximum atomic E-state index is 4.90. The largest absolute Gasteiger partial charge is 0.390 e. The Morgan fingerprint density at radius 2 is 2.00 bits per heavy atom. The minimum Gasteiger partial charge on any atom is -0.390 e. The van der Waals surface area contributed by atoms with E-state index >= 15 is 0 Å². The highest BCUT2D eigenvalue weighted by Gasteiger charge is 1.76. The first-order valence-electron chi connectivity index (χ1n) is 1.52. The van der Waals surface area contributed by atoms with Gasteiger partial charge in [0.05, 0.1) is 6.34 Å². The van der Waals surface area contributed by atoms with Gasteiger partial charge in [-0.15, -0.1) is 0 Å². The molecule has 6 heavy (non-hydrogen) atoms. The Morgan fingerprint density at radius 3 is 2.00 bits per heavy atom. The van der Waals surface area contributed by atoms with Gasteiger partial charge in [0.2, 0.25) is 0 Å². The molecule has 0 aromatic rings. The second-order valence-corrected chi connectivity index (χ2v) is 0.789. The standard InChI is InChI=1S/C2H8N4/c3-1-6-2(4)5/h1-2H,4-5H2,(H2,3,6). The zero-order valence-electron chi connectivity index (χ0n) is 3.33. The molecule has 4 heteroatoms. The van der Waals surface area contributed by atoms with Crippen LogP contribution in [0.25, 0.3) is 0 Å². The van der Waals surface area contributed by atoms with Crippen LogP contribution in [0.4, 0.5) is 0 Å². The molecule has 0 amide bonds. The third-order valence-corrected chi connectivity index (χ3v) is 0.258. The lowest BCUT2D eigenvalue weighted by molar-refractivity contribution is 0.755. The fraction of sp³-hybridized carbons (Fsp3) is 0.500. The van der Waals surface area contributed by atoms with Crippen molar-refractivity contribution in [2.75, 3.05) is 0 Å². The molecule has 36 valence electrons. The van der Waals surface area contributed by atoms with Crippen LogP contribution in [0, 0.1) is 0 Å². The van der Waals surface area contributed by atoms with E-state index in [0.29, 0.717) is 0 Å². The van der Waals surface area contributed by atoms with Crippen LogP contribution in [0.3, 0.4) is 0 Å². The lowest BCUT2D eigenvalue weighted by atomic mass is 10.9. The van der Waals surface area contributed by atoms with Gasteiger partial charge in [0.25, 0.3) is 0 Å². The topological polar surface area (TPSA) is 90.4 Å². The van der Waals surface area contributed by atoms with Gasteiger partial charge in [-0.1, -0.05) is 0 Å². The van der Waals surface area contributed by atoms with Gasteiger partial charge >= 0.3 is 0 Å². The molecule has 4 nitrogen and oxygen atoms in total. The zero-order chi connectivity index (χ0) is 4.99. The van der Waals surface area contributed by atoms with Gasteiger partial charge in [-0.3, -0.25) is 11.5 Å². The van der Waals surface area contributed by atoms with Crippen molar-refractivity contribution in [2.24, 2.45) is 22.2 Å². The number of rotatable bonds is 1. The van der Waals surface area contributed by atoms with Crippen molar-refractivity contribution < 1.29 is 0 Å². The summed E-state index contributed by atoms with van der Waals surface area (Å²) in [6.45, 7) is 0. The van der Waals surface area contributed by atoms with E-state index in [4.69, 9.17) is 17.2 Å². The Balaban J connectivity index is 3.03. The molecule has 0 spiro atoms. The van der Waals surface area contributed by atoms with Gasteiger partial charge in [0.1, 0.15) is 6.29 Å². The monoisotopic (exact) mass is 88.1 g/mol. The van der Waals surface area contributed by atoms with E-state index in [-0.39, 0.29) is 0 Å². The summed E-state index contributed by atoms with van der Waals surface area (Å²) in [6.07, 6.45) is 0.417. The molecule has 0 saturated carbocycles. The van der Waals surface area contributed by atoms with Gasteiger partial charge in [0, 0.05) is 0 Å². The third kappa shape index (κ3) is 3.39. The Bertz CT molecular complexity index is 47.5. The number of nitrogens with two attached hydrogens (primary N) is 3. The van der Waals surface area contributed by atoms with Gasteiger partial charge in [-0.05, 0) is 0 Å². The highest BCUT2D eigenvalue weighted by molar-refractivity contribution is 5.51. The highest BCUT2D eigenvalue weighted by Crippen LogP contribution is 1.55. The molecule has 0 aliphatic carbocycles. The van der Waals surface area contributed by atoms with Crippen LogP contribution in [-0.4, -0.2) is 12.6 Å². The Morgan fingerprint density at radius 1 is 1.50 bits per heavy atom. The summed E-state index contributed by atoms with van der Waals surface area (Å²) in [5.74, 6) is 0. The summed E-state index contributed by atoms with van der Waals surface area (Å²) in [5, 5.41) is 0. The summed E-state index contributed by atoms with van der Waals surface area (Å²) in [4.78, 5) is 3.33. The Kier molecular flexibility index (Phi) is 2.35. The molecule has 0 radical (unpaired) electrons. The molecule has 0 saturated heterocycles. The van der Waals surface area contributed by atoms with Crippen molar-refractivity contribution in [3.05, 3.63) is 0 Å². The Labute approximate surface area is 36.0 Å². The minimum absolute atomic E-state index is 0.657. The maximum absolute atomic E-state index is 4.90. The van der Waals surface area contributed by atoms with E-state index < -0.39 is 6.29 Å². The molecule has 0 aliphatic heterocycles. The van der Waals surface area contributed by atoms with E-state index in [2.05, 4.69) is 4.99 Å². The van der Waals surface area contributed by atoms with E-state index in [1.165, 1.54) is 0 Å². The van der Waals surface area contributed by atoms with Crippen LogP contribution >= 0.6 is 0 Å². The predicted molar refractivity (Wildman–Crippen MR) is 24.8 cm³/mol. The number of aliphatic imine (C=N–C) groups is 1. The molecule has 0 bridgehead atoms. The summed E-state index contributed by atoms with van der Waals surface area (Å²) >= 11 is 0. The van der Waals surface area contributed by atoms with Crippen LogP contribution in [0.5, 0.6) is 0 Å². The first-order chi connectivity index (χ1) is 2.77. The van der Waals surface area contributed by atoms with Crippen molar-refractivity contribution >= 4 is 6.34 Å². The van der Waals surface area contributed by atoms with Crippen molar-refractivity contribution in [2.45, 2.75) is 6.29 Å². The normalized spacial score (nSPS) is 11.2. The van der Waals surface area contributed by atoms with Crippen molar-refractivity contribution in [1.29, 1.82) is 0 Å². The second kappa shape index (κ2) is 2.62. The maximum Gasteiger partial charge on any atom is 0.150 e. The number of hydrogen-bond donors (Lipinski definition) is 3. The van der Waals surface area contributed by atoms with Gasteiger partial charge < -0.3 is 5.73 Å². The van der Waals surface area contributed by atoms with E-state index in [9.17, 15) is 0 Å². The number of hydrogen-bond acceptors (Lipinski definition) is 3. The predicted octanol–water partition coefficient (Wildman–Crippen LogP) is -1.83. The Hall–Kier alpha value is -0.610. The van der Waals surface area contributed by atoms with Crippen LogP contribution in [-0.2, 0) is 0 Å². The summed E-state index contributed by atoms with van der Waals surface area (Å²) in [5.41, 5.74) is 14.6. The zero-order valence-corrected chi connectivity index (χ0v) is 3.33. The van der Waals surface area contributed by atoms with Crippen molar-refractivity contribution in [3.8, 4) is 0 Å². The van der Waals surface area contributed by atoms with Crippen LogP contribution in [0.1, 0.15) is 0 Å². The molecule has 6 N–H and O–H groups in total. The van der Waals surface area contributed by atoms with Gasteiger partial charge in [-0.2, -0.15) is 0 Å². The fourth-order valence-corrected chi connectivity index (χ4v) is 0.0994. The summed E-state index contributed by atoms with van der Waals surface area (Å²) < 4.78 is 0. The first kappa shape index (κ1) is 5.39. The molecule has 0 aromatic carbocycles. The fourth-order valence-electron chi connectivity index (χ4n) is 0.0994. The van der Waals surface area contributed by atoms with Crippen molar-refractivity contribution in [3.63, 3.8) is 0 Å². The molecular formula is C2H8N4. The van der Waals surface area contributed by atoms with Crippen LogP contribution in [0.2, 0.25) is 0 Å². The lowest BCUT2D eigenvalue weighted by Gasteiger charge is -1.89. The van der Waals surface area contributed by atoms with Crippen molar-refractivity contribution in [1.82, 2.24) is 0 Å². The molecule has 0 heterocycles. The molecular weight excluding hydrogens is 80.1 g/mol. The number of nitrogens with zero attached hydrogens (tertiary/aromatic N) is 1. The molecule has 0 aliphatic rings. The smallest absolute Gasteiger partial charge is 0.150 e. The molecule has 0 atom stereocenters. The highest BCUT2D eigenvalue weighted by atomic mass is 15.1. The molecule has 0 rings (SSSR count). The molecule has 0 fully saturated rings. The van der Waals surface area contributed by atoms with Crippen LogP contribution in [0.15, 0.2) is 4.99 Å². The SMILES string of the molecule is NC=NC(N)N. The quantitative estimate of drug-likeness (QED) is 0.200.